The van der Waals surface area contributed by atoms with Gasteiger partial charge in [0.2, 0.25) is 0 Å². The fourth-order valence-corrected chi connectivity index (χ4v) is 2.81. The van der Waals surface area contributed by atoms with Gasteiger partial charge in [0.05, 0.1) is 23.7 Å². The monoisotopic (exact) mass is 407 g/mol. The number of carbonyl (C=O) groups excluding carboxylic acids is 1. The molecule has 1 aromatic carbocycles. The maximum atomic E-state index is 13.7. The van der Waals surface area contributed by atoms with Crippen molar-refractivity contribution >= 4 is 5.91 Å². The summed E-state index contributed by atoms with van der Waals surface area (Å²) >= 11 is 0. The van der Waals surface area contributed by atoms with Crippen LogP contribution in [-0.2, 0) is 17.5 Å². The van der Waals surface area contributed by atoms with Crippen molar-refractivity contribution in [2.45, 2.75) is 26.1 Å². The lowest BCUT2D eigenvalue weighted by atomic mass is 10.1. The average Bonchev–Trinajstić information content (AvgIpc) is 3.34. The van der Waals surface area contributed by atoms with Gasteiger partial charge in [-0.2, -0.15) is 18.3 Å². The van der Waals surface area contributed by atoms with Gasteiger partial charge in [0.1, 0.15) is 12.4 Å². The molecular formula is C20H20F3N3O3. The number of aromatic nitrogens is 2. The van der Waals surface area contributed by atoms with Crippen LogP contribution in [0.25, 0.3) is 5.69 Å². The van der Waals surface area contributed by atoms with Gasteiger partial charge in [0.25, 0.3) is 5.91 Å². The predicted molar refractivity (Wildman–Crippen MR) is 98.6 cm³/mol. The SMILES string of the molecule is Cc1ccccc1-n1ncc(C(=O)NCCCOCc2ccco2)c1C(F)(F)F. The Morgan fingerprint density at radius 1 is 1.24 bits per heavy atom. The molecular weight excluding hydrogens is 387 g/mol. The molecule has 2 aromatic heterocycles. The minimum absolute atomic E-state index is 0.170. The number of ether oxygens (including phenoxy) is 1. The van der Waals surface area contributed by atoms with Gasteiger partial charge in [0, 0.05) is 13.2 Å². The highest BCUT2D eigenvalue weighted by Crippen LogP contribution is 2.34. The first-order valence-electron chi connectivity index (χ1n) is 8.97. The zero-order chi connectivity index (χ0) is 20.9. The van der Waals surface area contributed by atoms with E-state index in [-0.39, 0.29) is 12.2 Å². The van der Waals surface area contributed by atoms with Gasteiger partial charge in [-0.05, 0) is 37.1 Å². The smallest absolute Gasteiger partial charge is 0.434 e. The number of rotatable bonds is 8. The van der Waals surface area contributed by atoms with Crippen LogP contribution in [0.4, 0.5) is 13.2 Å². The molecule has 3 rings (SSSR count). The fourth-order valence-electron chi connectivity index (χ4n) is 2.81. The van der Waals surface area contributed by atoms with E-state index in [1.165, 1.54) is 12.3 Å². The minimum Gasteiger partial charge on any atom is -0.467 e. The van der Waals surface area contributed by atoms with Crippen LogP contribution < -0.4 is 5.32 Å². The van der Waals surface area contributed by atoms with Gasteiger partial charge in [-0.1, -0.05) is 18.2 Å². The van der Waals surface area contributed by atoms with E-state index in [2.05, 4.69) is 10.4 Å². The summed E-state index contributed by atoms with van der Waals surface area (Å²) in [5.41, 5.74) is -0.734. The molecule has 0 saturated heterocycles. The number of furan rings is 1. The Balaban J connectivity index is 1.63. The van der Waals surface area contributed by atoms with Crippen LogP contribution in [0.5, 0.6) is 0 Å². The molecule has 0 radical (unpaired) electrons. The Morgan fingerprint density at radius 2 is 2.03 bits per heavy atom. The molecule has 2 heterocycles. The van der Waals surface area contributed by atoms with E-state index in [9.17, 15) is 18.0 Å². The molecule has 3 aromatic rings. The molecule has 6 nitrogen and oxygen atoms in total. The van der Waals surface area contributed by atoms with Crippen LogP contribution in [0.1, 0.15) is 33.8 Å². The second-order valence-corrected chi connectivity index (χ2v) is 6.34. The number of nitrogens with one attached hydrogen (secondary N) is 1. The Bertz CT molecular complexity index is 950. The summed E-state index contributed by atoms with van der Waals surface area (Å²) in [4.78, 5) is 12.3. The number of carbonyl (C=O) groups is 1. The van der Waals surface area contributed by atoms with Gasteiger partial charge in [-0.3, -0.25) is 4.79 Å². The lowest BCUT2D eigenvalue weighted by molar-refractivity contribution is -0.143. The number of halogens is 3. The summed E-state index contributed by atoms with van der Waals surface area (Å²) in [6.45, 7) is 2.47. The molecule has 1 N–H and O–H groups in total. The van der Waals surface area contributed by atoms with Crippen molar-refractivity contribution in [3.8, 4) is 5.69 Å². The quantitative estimate of drug-likeness (QED) is 0.570. The van der Waals surface area contributed by atoms with E-state index in [0.717, 1.165) is 10.9 Å². The first kappa shape index (κ1) is 20.7. The van der Waals surface area contributed by atoms with Gasteiger partial charge in [-0.15, -0.1) is 0 Å². The number of benzene rings is 1. The molecule has 0 aliphatic carbocycles. The number of amides is 1. The standard InChI is InChI=1S/C20H20F3N3O3/c1-14-6-2-3-8-17(14)26-18(20(21,22)23)16(12-25-26)19(27)24-9-5-10-28-13-15-7-4-11-29-15/h2-4,6-8,11-12H,5,9-10,13H2,1H3,(H,24,27). The highest BCUT2D eigenvalue weighted by Gasteiger charge is 2.40. The summed E-state index contributed by atoms with van der Waals surface area (Å²) in [6, 6.07) is 10.1. The number of nitrogens with zero attached hydrogens (tertiary/aromatic N) is 2. The summed E-state index contributed by atoms with van der Waals surface area (Å²) in [5, 5.41) is 6.31. The van der Waals surface area contributed by atoms with Crippen LogP contribution >= 0.6 is 0 Å². The molecule has 154 valence electrons. The predicted octanol–water partition coefficient (Wildman–Crippen LogP) is 4.13. The van der Waals surface area contributed by atoms with Crippen LogP contribution in [-0.4, -0.2) is 28.8 Å². The maximum absolute atomic E-state index is 13.7. The third-order valence-corrected chi connectivity index (χ3v) is 4.20. The van der Waals surface area contributed by atoms with E-state index in [1.54, 1.807) is 37.3 Å². The fraction of sp³-hybridized carbons (Fsp3) is 0.300. The number of aryl methyl sites for hydroxylation is 1. The maximum Gasteiger partial charge on any atom is 0.434 e. The Morgan fingerprint density at radius 3 is 2.72 bits per heavy atom. The third kappa shape index (κ3) is 5.05. The highest BCUT2D eigenvalue weighted by atomic mass is 19.4. The summed E-state index contributed by atoms with van der Waals surface area (Å²) in [6.07, 6.45) is -1.82. The van der Waals surface area contributed by atoms with Crippen molar-refractivity contribution in [1.29, 1.82) is 0 Å². The molecule has 29 heavy (non-hydrogen) atoms. The van der Waals surface area contributed by atoms with E-state index < -0.39 is 23.3 Å². The second kappa shape index (κ2) is 8.95. The third-order valence-electron chi connectivity index (χ3n) is 4.20. The summed E-state index contributed by atoms with van der Waals surface area (Å²) in [5.74, 6) is -0.157. The molecule has 1 amide bonds. The lowest BCUT2D eigenvalue weighted by Crippen LogP contribution is -2.28. The second-order valence-electron chi connectivity index (χ2n) is 6.34. The number of alkyl halides is 3. The topological polar surface area (TPSA) is 69.3 Å². The van der Waals surface area contributed by atoms with Crippen molar-refractivity contribution in [2.24, 2.45) is 0 Å². The molecule has 0 atom stereocenters. The van der Waals surface area contributed by atoms with Crippen LogP contribution in [0.2, 0.25) is 0 Å². The average molecular weight is 407 g/mol. The number of hydrogen-bond donors (Lipinski definition) is 1. The summed E-state index contributed by atoms with van der Waals surface area (Å²) < 4.78 is 52.3. The van der Waals surface area contributed by atoms with Crippen LogP contribution in [0.3, 0.4) is 0 Å². The van der Waals surface area contributed by atoms with Gasteiger partial charge in [-0.25, -0.2) is 4.68 Å². The molecule has 0 spiro atoms. The Kier molecular flexibility index (Phi) is 6.38. The van der Waals surface area contributed by atoms with Crippen molar-refractivity contribution < 1.29 is 27.1 Å². The highest BCUT2D eigenvalue weighted by molar-refractivity contribution is 5.95. The molecule has 9 heteroatoms. The first-order valence-corrected chi connectivity index (χ1v) is 8.97. The lowest BCUT2D eigenvalue weighted by Gasteiger charge is -2.14. The van der Waals surface area contributed by atoms with E-state index in [0.29, 0.717) is 31.0 Å². The normalized spacial score (nSPS) is 11.6. The van der Waals surface area contributed by atoms with E-state index >= 15 is 0 Å². The Hall–Kier alpha value is -3.07. The molecule has 0 aliphatic heterocycles. The van der Waals surface area contributed by atoms with E-state index in [4.69, 9.17) is 9.15 Å². The van der Waals surface area contributed by atoms with Crippen LogP contribution in [0.15, 0.2) is 53.3 Å². The van der Waals surface area contributed by atoms with Crippen molar-refractivity contribution in [3.63, 3.8) is 0 Å². The zero-order valence-corrected chi connectivity index (χ0v) is 15.7. The van der Waals surface area contributed by atoms with Gasteiger partial charge >= 0.3 is 6.18 Å². The van der Waals surface area contributed by atoms with Crippen LogP contribution in [0, 0.1) is 6.92 Å². The molecule has 0 bridgehead atoms. The van der Waals surface area contributed by atoms with Gasteiger partial charge in [0.15, 0.2) is 5.69 Å². The molecule has 0 saturated carbocycles. The minimum atomic E-state index is -4.74. The number of hydrogen-bond acceptors (Lipinski definition) is 4. The van der Waals surface area contributed by atoms with E-state index in [1.807, 2.05) is 0 Å². The van der Waals surface area contributed by atoms with Crippen molar-refractivity contribution in [2.75, 3.05) is 13.2 Å². The van der Waals surface area contributed by atoms with Crippen molar-refractivity contribution in [3.05, 3.63) is 71.4 Å². The largest absolute Gasteiger partial charge is 0.467 e. The zero-order valence-electron chi connectivity index (χ0n) is 15.7. The molecule has 0 unspecified atom stereocenters. The Labute approximate surface area is 165 Å². The van der Waals surface area contributed by atoms with Crippen molar-refractivity contribution in [1.82, 2.24) is 15.1 Å². The molecule has 0 fully saturated rings. The molecule has 0 aliphatic rings. The van der Waals surface area contributed by atoms with Gasteiger partial charge < -0.3 is 14.5 Å². The first-order chi connectivity index (χ1) is 13.9. The number of para-hydroxylation sites is 1. The summed E-state index contributed by atoms with van der Waals surface area (Å²) in [7, 11) is 0.